The van der Waals surface area contributed by atoms with Crippen LogP contribution in [0.4, 0.5) is 4.39 Å². The lowest BCUT2D eigenvalue weighted by Crippen LogP contribution is -2.11. The predicted molar refractivity (Wildman–Crippen MR) is 104 cm³/mol. The monoisotopic (exact) mass is 352 g/mol. The molecule has 3 nitrogen and oxygen atoms in total. The van der Waals surface area contributed by atoms with Crippen molar-refractivity contribution in [1.29, 1.82) is 0 Å². The van der Waals surface area contributed by atoms with Crippen molar-refractivity contribution >= 4 is 10.9 Å². The maximum atomic E-state index is 13.7. The number of aromatic nitrogens is 2. The summed E-state index contributed by atoms with van der Waals surface area (Å²) in [5, 5.41) is 0.763. The highest BCUT2D eigenvalue weighted by atomic mass is 19.1. The highest BCUT2D eigenvalue weighted by molar-refractivity contribution is 5.93. The Morgan fingerprint density at radius 3 is 2.62 bits per heavy atom. The van der Waals surface area contributed by atoms with E-state index in [4.69, 9.17) is 4.74 Å². The summed E-state index contributed by atoms with van der Waals surface area (Å²) in [4.78, 5) is 8.99. The first kappa shape index (κ1) is 18.3. The van der Waals surface area contributed by atoms with Crippen LogP contribution in [-0.2, 0) is 0 Å². The molecule has 0 spiro atoms. The molecule has 136 valence electrons. The van der Waals surface area contributed by atoms with Gasteiger partial charge in [0.1, 0.15) is 11.6 Å². The third-order valence-electron chi connectivity index (χ3n) is 4.41. The Hall–Kier alpha value is -2.49. The Bertz CT molecular complexity index is 908. The second-order valence-electron chi connectivity index (χ2n) is 7.35. The quantitative estimate of drug-likeness (QED) is 0.562. The normalized spacial score (nSPS) is 12.5. The minimum absolute atomic E-state index is 0.275. The molecule has 0 radical (unpaired) electrons. The molecule has 2 aromatic heterocycles. The maximum Gasteiger partial charge on any atom is 0.140 e. The number of pyridine rings is 2. The number of rotatable bonds is 6. The number of halogens is 1. The minimum Gasteiger partial charge on any atom is -0.491 e. The van der Waals surface area contributed by atoms with Crippen LogP contribution in [0, 0.1) is 24.6 Å². The number of hydrogen-bond acceptors (Lipinski definition) is 3. The Labute approximate surface area is 154 Å². The summed E-state index contributed by atoms with van der Waals surface area (Å²) in [6, 6.07) is 10.4. The van der Waals surface area contributed by atoms with Gasteiger partial charge in [0.05, 0.1) is 23.5 Å². The molecule has 26 heavy (non-hydrogen) atoms. The predicted octanol–water partition coefficient (Wildman–Crippen LogP) is 5.81. The third kappa shape index (κ3) is 4.18. The first-order chi connectivity index (χ1) is 12.4. The van der Waals surface area contributed by atoms with Crippen molar-refractivity contribution in [3.63, 3.8) is 0 Å². The molecule has 0 N–H and O–H groups in total. The Balaban J connectivity index is 1.85. The molecule has 0 bridgehead atoms. The van der Waals surface area contributed by atoms with Gasteiger partial charge in [0, 0.05) is 17.1 Å². The van der Waals surface area contributed by atoms with E-state index in [9.17, 15) is 4.39 Å². The fourth-order valence-electron chi connectivity index (χ4n) is 3.30. The molecule has 0 aliphatic carbocycles. The van der Waals surface area contributed by atoms with Crippen molar-refractivity contribution in [1.82, 2.24) is 9.97 Å². The summed E-state index contributed by atoms with van der Waals surface area (Å²) < 4.78 is 19.6. The highest BCUT2D eigenvalue weighted by Gasteiger charge is 2.11. The summed E-state index contributed by atoms with van der Waals surface area (Å²) in [5.41, 5.74) is 3.26. The molecule has 0 amide bonds. The molecular formula is C22H25FN2O. The van der Waals surface area contributed by atoms with Gasteiger partial charge in [0.25, 0.3) is 0 Å². The molecule has 0 aliphatic heterocycles. The number of benzene rings is 1. The van der Waals surface area contributed by atoms with E-state index in [0.717, 1.165) is 40.0 Å². The van der Waals surface area contributed by atoms with Crippen LogP contribution in [0.5, 0.6) is 5.75 Å². The van der Waals surface area contributed by atoms with Crippen LogP contribution < -0.4 is 4.74 Å². The van der Waals surface area contributed by atoms with Gasteiger partial charge in [0.2, 0.25) is 0 Å². The molecule has 1 atom stereocenters. The molecule has 4 heteroatoms. The van der Waals surface area contributed by atoms with Crippen molar-refractivity contribution < 1.29 is 9.13 Å². The Morgan fingerprint density at radius 2 is 1.88 bits per heavy atom. The van der Waals surface area contributed by atoms with E-state index in [-0.39, 0.29) is 5.82 Å². The van der Waals surface area contributed by atoms with Gasteiger partial charge in [0.15, 0.2) is 0 Å². The van der Waals surface area contributed by atoms with Crippen LogP contribution in [0.25, 0.3) is 22.2 Å². The van der Waals surface area contributed by atoms with Gasteiger partial charge in [-0.3, -0.25) is 4.98 Å². The molecule has 0 saturated carbocycles. The summed E-state index contributed by atoms with van der Waals surface area (Å²) in [5.74, 6) is 1.69. The van der Waals surface area contributed by atoms with Crippen LogP contribution in [0.2, 0.25) is 0 Å². The average molecular weight is 352 g/mol. The average Bonchev–Trinajstić information content (AvgIpc) is 2.59. The van der Waals surface area contributed by atoms with E-state index in [1.54, 1.807) is 12.3 Å². The summed E-state index contributed by atoms with van der Waals surface area (Å²) in [6.45, 7) is 9.27. The van der Waals surface area contributed by atoms with Crippen molar-refractivity contribution in [2.45, 2.75) is 34.1 Å². The number of ether oxygens (including phenoxy) is 1. The fourth-order valence-corrected chi connectivity index (χ4v) is 3.30. The number of fused-ring (bicyclic) bond motifs is 1. The standard InChI is InChI=1S/C22H25FN2O/c1-14(2)11-15(3)13-26-22-8-7-21(25-16(22)4)18-9-10-24-20-6-5-17(23)12-19(18)20/h5-10,12,14-15H,11,13H2,1-4H3. The van der Waals surface area contributed by atoms with E-state index in [2.05, 4.69) is 30.7 Å². The SMILES string of the molecule is Cc1nc(-c2ccnc3ccc(F)cc23)ccc1OCC(C)CC(C)C. The van der Waals surface area contributed by atoms with Crippen molar-refractivity contribution in [2.75, 3.05) is 6.61 Å². The smallest absolute Gasteiger partial charge is 0.140 e. The molecular weight excluding hydrogens is 327 g/mol. The van der Waals surface area contributed by atoms with Crippen LogP contribution in [-0.4, -0.2) is 16.6 Å². The van der Waals surface area contributed by atoms with E-state index in [1.165, 1.54) is 12.1 Å². The molecule has 2 heterocycles. The van der Waals surface area contributed by atoms with E-state index in [0.29, 0.717) is 18.4 Å². The van der Waals surface area contributed by atoms with E-state index >= 15 is 0 Å². The second-order valence-corrected chi connectivity index (χ2v) is 7.35. The van der Waals surface area contributed by atoms with Gasteiger partial charge in [-0.15, -0.1) is 0 Å². The van der Waals surface area contributed by atoms with Crippen molar-refractivity contribution in [3.8, 4) is 17.0 Å². The lowest BCUT2D eigenvalue weighted by atomic mass is 10.00. The lowest BCUT2D eigenvalue weighted by molar-refractivity contribution is 0.237. The molecule has 1 aromatic carbocycles. The van der Waals surface area contributed by atoms with Gasteiger partial charge >= 0.3 is 0 Å². The van der Waals surface area contributed by atoms with Crippen LogP contribution in [0.3, 0.4) is 0 Å². The van der Waals surface area contributed by atoms with Crippen LogP contribution in [0.1, 0.15) is 32.9 Å². The van der Waals surface area contributed by atoms with Gasteiger partial charge < -0.3 is 4.74 Å². The zero-order valence-corrected chi connectivity index (χ0v) is 15.8. The first-order valence-corrected chi connectivity index (χ1v) is 9.09. The zero-order valence-electron chi connectivity index (χ0n) is 15.8. The number of nitrogens with zero attached hydrogens (tertiary/aromatic N) is 2. The minimum atomic E-state index is -0.275. The number of aryl methyl sites for hydroxylation is 1. The van der Waals surface area contributed by atoms with Crippen molar-refractivity contribution in [2.24, 2.45) is 11.8 Å². The maximum absolute atomic E-state index is 13.7. The topological polar surface area (TPSA) is 35.0 Å². The third-order valence-corrected chi connectivity index (χ3v) is 4.41. The first-order valence-electron chi connectivity index (χ1n) is 9.09. The zero-order chi connectivity index (χ0) is 18.7. The fraction of sp³-hybridized carbons (Fsp3) is 0.364. The summed E-state index contributed by atoms with van der Waals surface area (Å²) in [6.07, 6.45) is 2.86. The Morgan fingerprint density at radius 1 is 1.08 bits per heavy atom. The molecule has 0 fully saturated rings. The van der Waals surface area contributed by atoms with Gasteiger partial charge in [-0.2, -0.15) is 0 Å². The molecule has 3 rings (SSSR count). The van der Waals surface area contributed by atoms with Gasteiger partial charge in [-0.25, -0.2) is 9.37 Å². The van der Waals surface area contributed by atoms with Crippen LogP contribution >= 0.6 is 0 Å². The van der Waals surface area contributed by atoms with E-state index in [1.807, 2.05) is 25.1 Å². The van der Waals surface area contributed by atoms with Gasteiger partial charge in [-0.05, 0) is 61.6 Å². The Kier molecular flexibility index (Phi) is 5.50. The lowest BCUT2D eigenvalue weighted by Gasteiger charge is -2.16. The second kappa shape index (κ2) is 7.81. The molecule has 1 unspecified atom stereocenters. The van der Waals surface area contributed by atoms with Crippen LogP contribution in [0.15, 0.2) is 42.6 Å². The molecule has 0 saturated heterocycles. The number of hydrogen-bond donors (Lipinski definition) is 0. The summed E-state index contributed by atoms with van der Waals surface area (Å²) >= 11 is 0. The summed E-state index contributed by atoms with van der Waals surface area (Å²) in [7, 11) is 0. The molecule has 3 aromatic rings. The largest absolute Gasteiger partial charge is 0.491 e. The highest BCUT2D eigenvalue weighted by Crippen LogP contribution is 2.29. The molecule has 0 aliphatic rings. The van der Waals surface area contributed by atoms with Gasteiger partial charge in [-0.1, -0.05) is 20.8 Å². The van der Waals surface area contributed by atoms with E-state index < -0.39 is 0 Å². The van der Waals surface area contributed by atoms with Crippen molar-refractivity contribution in [3.05, 3.63) is 54.1 Å².